The minimum absolute atomic E-state index is 0.0433. The fraction of sp³-hybridized carbons (Fsp3) is 0.545. The highest BCUT2D eigenvalue weighted by molar-refractivity contribution is 5.74. The van der Waals surface area contributed by atoms with Crippen molar-refractivity contribution in [3.63, 3.8) is 0 Å². The van der Waals surface area contributed by atoms with E-state index in [1.54, 1.807) is 24.9 Å². The maximum absolute atomic E-state index is 11.5. The highest BCUT2D eigenvalue weighted by Gasteiger charge is 2.09. The lowest BCUT2D eigenvalue weighted by Gasteiger charge is -2.13. The second-order valence-electron chi connectivity index (χ2n) is 4.14. The number of rotatable bonds is 6. The van der Waals surface area contributed by atoms with Crippen molar-refractivity contribution in [3.05, 3.63) is 18.0 Å². The van der Waals surface area contributed by atoms with E-state index in [9.17, 15) is 9.59 Å². The van der Waals surface area contributed by atoms with E-state index in [4.69, 9.17) is 5.11 Å². The lowest BCUT2D eigenvalue weighted by Crippen LogP contribution is -2.40. The lowest BCUT2D eigenvalue weighted by molar-refractivity contribution is -0.137. The standard InChI is InChI=1S/C11H18N4O3/c1-8(3-4-10(16)17)13-11(18)12-7-9-5-6-15(2)14-9/h5-6,8H,3-4,7H2,1-2H3,(H,16,17)(H2,12,13,18). The average Bonchev–Trinajstić information content (AvgIpc) is 2.70. The summed E-state index contributed by atoms with van der Waals surface area (Å²) in [7, 11) is 1.80. The second-order valence-corrected chi connectivity index (χ2v) is 4.14. The molecule has 0 radical (unpaired) electrons. The van der Waals surface area contributed by atoms with Gasteiger partial charge in [-0.1, -0.05) is 0 Å². The van der Waals surface area contributed by atoms with Crippen LogP contribution in [0.25, 0.3) is 0 Å². The molecule has 0 aliphatic heterocycles. The van der Waals surface area contributed by atoms with Crippen molar-refractivity contribution in [2.45, 2.75) is 32.4 Å². The summed E-state index contributed by atoms with van der Waals surface area (Å²) in [6.45, 7) is 2.11. The summed E-state index contributed by atoms with van der Waals surface area (Å²) in [4.78, 5) is 21.8. The Balaban J connectivity index is 2.22. The number of hydrogen-bond acceptors (Lipinski definition) is 3. The molecule has 0 aliphatic carbocycles. The molecule has 1 atom stereocenters. The number of hydrogen-bond donors (Lipinski definition) is 3. The van der Waals surface area contributed by atoms with Crippen LogP contribution in [-0.2, 0) is 18.4 Å². The largest absolute Gasteiger partial charge is 0.481 e. The van der Waals surface area contributed by atoms with Gasteiger partial charge >= 0.3 is 12.0 Å². The van der Waals surface area contributed by atoms with Gasteiger partial charge in [-0.15, -0.1) is 0 Å². The molecule has 1 rings (SSSR count). The quantitative estimate of drug-likeness (QED) is 0.687. The first-order valence-corrected chi connectivity index (χ1v) is 5.72. The molecule has 1 aromatic rings. The molecule has 3 N–H and O–H groups in total. The minimum atomic E-state index is -0.863. The predicted molar refractivity (Wildman–Crippen MR) is 64.9 cm³/mol. The first kappa shape index (κ1) is 14.0. The van der Waals surface area contributed by atoms with Crippen molar-refractivity contribution in [3.8, 4) is 0 Å². The summed E-state index contributed by atoms with van der Waals surface area (Å²) < 4.78 is 1.66. The maximum Gasteiger partial charge on any atom is 0.315 e. The molecule has 0 saturated carbocycles. The number of aromatic nitrogens is 2. The van der Waals surface area contributed by atoms with Crippen molar-refractivity contribution < 1.29 is 14.7 Å². The molecule has 100 valence electrons. The van der Waals surface area contributed by atoms with Crippen molar-refractivity contribution in [2.75, 3.05) is 0 Å². The van der Waals surface area contributed by atoms with E-state index in [0.29, 0.717) is 13.0 Å². The van der Waals surface area contributed by atoms with Crippen molar-refractivity contribution in [2.24, 2.45) is 7.05 Å². The van der Waals surface area contributed by atoms with Crippen LogP contribution < -0.4 is 10.6 Å². The van der Waals surface area contributed by atoms with Gasteiger partial charge < -0.3 is 15.7 Å². The van der Waals surface area contributed by atoms with Crippen LogP contribution in [0.1, 0.15) is 25.5 Å². The zero-order valence-electron chi connectivity index (χ0n) is 10.5. The molecule has 1 heterocycles. The van der Waals surface area contributed by atoms with Crippen LogP contribution in [0.3, 0.4) is 0 Å². The van der Waals surface area contributed by atoms with E-state index in [-0.39, 0.29) is 18.5 Å². The van der Waals surface area contributed by atoms with Gasteiger partial charge in [-0.3, -0.25) is 9.48 Å². The topological polar surface area (TPSA) is 96.3 Å². The van der Waals surface area contributed by atoms with Crippen LogP contribution in [0.4, 0.5) is 4.79 Å². The van der Waals surface area contributed by atoms with Crippen molar-refractivity contribution in [1.82, 2.24) is 20.4 Å². The fourth-order valence-corrected chi connectivity index (χ4v) is 1.42. The third-order valence-electron chi connectivity index (χ3n) is 2.37. The molecule has 1 unspecified atom stereocenters. The Hall–Kier alpha value is -2.05. The fourth-order valence-electron chi connectivity index (χ4n) is 1.42. The molecule has 7 heteroatoms. The van der Waals surface area contributed by atoms with Gasteiger partial charge in [-0.25, -0.2) is 4.79 Å². The molecule has 18 heavy (non-hydrogen) atoms. The van der Waals surface area contributed by atoms with Crippen LogP contribution >= 0.6 is 0 Å². The van der Waals surface area contributed by atoms with Gasteiger partial charge in [0.25, 0.3) is 0 Å². The molecule has 0 aliphatic rings. The Labute approximate surface area is 105 Å². The zero-order chi connectivity index (χ0) is 13.5. The zero-order valence-corrected chi connectivity index (χ0v) is 10.5. The number of carbonyl (C=O) groups excluding carboxylic acids is 1. The van der Waals surface area contributed by atoms with Gasteiger partial charge in [0.2, 0.25) is 0 Å². The molecule has 0 spiro atoms. The van der Waals surface area contributed by atoms with E-state index in [1.165, 1.54) is 0 Å². The van der Waals surface area contributed by atoms with Gasteiger partial charge in [-0.2, -0.15) is 5.10 Å². The number of carboxylic acid groups (broad SMARTS) is 1. The first-order valence-electron chi connectivity index (χ1n) is 5.72. The summed E-state index contributed by atoms with van der Waals surface area (Å²) >= 11 is 0. The van der Waals surface area contributed by atoms with Gasteiger partial charge in [0.15, 0.2) is 0 Å². The van der Waals surface area contributed by atoms with Crippen LogP contribution in [0.5, 0.6) is 0 Å². The number of carboxylic acids is 1. The number of urea groups is 1. The summed E-state index contributed by atoms with van der Waals surface area (Å²) in [5.41, 5.74) is 0.769. The summed E-state index contributed by atoms with van der Waals surface area (Å²) in [5, 5.41) is 18.0. The molecular formula is C11H18N4O3. The van der Waals surface area contributed by atoms with Crippen LogP contribution in [0, 0.1) is 0 Å². The lowest BCUT2D eigenvalue weighted by atomic mass is 10.2. The van der Waals surface area contributed by atoms with Gasteiger partial charge in [0.05, 0.1) is 12.2 Å². The minimum Gasteiger partial charge on any atom is -0.481 e. The summed E-state index contributed by atoms with van der Waals surface area (Å²) in [6, 6.07) is 1.32. The number of amides is 2. The highest BCUT2D eigenvalue weighted by atomic mass is 16.4. The van der Waals surface area contributed by atoms with E-state index in [1.807, 2.05) is 6.07 Å². The Morgan fingerprint density at radius 3 is 2.83 bits per heavy atom. The van der Waals surface area contributed by atoms with Crippen molar-refractivity contribution in [1.29, 1.82) is 0 Å². The predicted octanol–water partition coefficient (Wildman–Crippen LogP) is 0.473. The molecule has 0 bridgehead atoms. The van der Waals surface area contributed by atoms with Gasteiger partial charge in [0, 0.05) is 25.7 Å². The van der Waals surface area contributed by atoms with Crippen LogP contribution in [-0.4, -0.2) is 32.9 Å². The maximum atomic E-state index is 11.5. The second kappa shape index (κ2) is 6.63. The number of nitrogens with one attached hydrogen (secondary N) is 2. The molecule has 0 aromatic carbocycles. The molecule has 0 saturated heterocycles. The molecule has 2 amide bonds. The van der Waals surface area contributed by atoms with E-state index >= 15 is 0 Å². The normalized spacial score (nSPS) is 11.9. The van der Waals surface area contributed by atoms with Gasteiger partial charge in [0.1, 0.15) is 0 Å². The molecule has 7 nitrogen and oxygen atoms in total. The van der Waals surface area contributed by atoms with Crippen molar-refractivity contribution >= 4 is 12.0 Å². The third kappa shape index (κ3) is 5.33. The summed E-state index contributed by atoms with van der Waals surface area (Å²) in [5.74, 6) is -0.863. The Morgan fingerprint density at radius 2 is 2.28 bits per heavy atom. The monoisotopic (exact) mass is 254 g/mol. The first-order chi connectivity index (χ1) is 8.47. The number of nitrogens with zero attached hydrogens (tertiary/aromatic N) is 2. The van der Waals surface area contributed by atoms with Crippen LogP contribution in [0.2, 0.25) is 0 Å². The van der Waals surface area contributed by atoms with E-state index < -0.39 is 5.97 Å². The van der Waals surface area contributed by atoms with Gasteiger partial charge in [-0.05, 0) is 19.4 Å². The average molecular weight is 254 g/mol. The summed E-state index contributed by atoms with van der Waals surface area (Å²) in [6.07, 6.45) is 2.25. The Kier molecular flexibility index (Phi) is 5.16. The Morgan fingerprint density at radius 1 is 1.56 bits per heavy atom. The number of aryl methyl sites for hydroxylation is 1. The Bertz CT molecular complexity index is 416. The third-order valence-corrected chi connectivity index (χ3v) is 2.37. The van der Waals surface area contributed by atoms with E-state index in [0.717, 1.165) is 5.69 Å². The molecule has 1 aromatic heterocycles. The number of aliphatic carboxylic acids is 1. The molecule has 0 fully saturated rings. The number of carbonyl (C=O) groups is 2. The van der Waals surface area contributed by atoms with E-state index in [2.05, 4.69) is 15.7 Å². The highest BCUT2D eigenvalue weighted by Crippen LogP contribution is 1.96. The smallest absolute Gasteiger partial charge is 0.315 e. The SMILES string of the molecule is CC(CCC(=O)O)NC(=O)NCc1ccn(C)n1. The van der Waals surface area contributed by atoms with Crippen LogP contribution in [0.15, 0.2) is 12.3 Å². The molecular weight excluding hydrogens is 236 g/mol.